The predicted octanol–water partition coefficient (Wildman–Crippen LogP) is 1.92. The number of hydrogen-bond acceptors (Lipinski definition) is 6. The van der Waals surface area contributed by atoms with E-state index in [1.165, 1.54) is 16.9 Å². The number of benzene rings is 1. The molecule has 0 bridgehead atoms. The Balaban J connectivity index is 1.54. The average molecular weight is 443 g/mol. The van der Waals surface area contributed by atoms with Crippen LogP contribution in [0.15, 0.2) is 30.3 Å². The summed E-state index contributed by atoms with van der Waals surface area (Å²) < 4.78 is 0. The van der Waals surface area contributed by atoms with Gasteiger partial charge in [0, 0.05) is 43.1 Å². The summed E-state index contributed by atoms with van der Waals surface area (Å²) >= 11 is 1.37. The minimum absolute atomic E-state index is 0.0865. The second kappa shape index (κ2) is 9.78. The highest BCUT2D eigenvalue weighted by atomic mass is 32.1. The van der Waals surface area contributed by atoms with Crippen LogP contribution in [0.3, 0.4) is 0 Å². The number of rotatable bonds is 6. The largest absolute Gasteiger partial charge is 0.351 e. The highest BCUT2D eigenvalue weighted by molar-refractivity contribution is 7.18. The number of primary amides is 1. The van der Waals surface area contributed by atoms with Crippen molar-refractivity contribution in [3.63, 3.8) is 0 Å². The summed E-state index contributed by atoms with van der Waals surface area (Å²) in [4.78, 5) is 28.2. The molecule has 1 aromatic carbocycles. The first kappa shape index (κ1) is 21.8. The number of nitrogens with one attached hydrogen (secondary N) is 3. The number of piperidine rings is 1. The Labute approximate surface area is 186 Å². The van der Waals surface area contributed by atoms with Gasteiger partial charge in [-0.15, -0.1) is 11.3 Å². The van der Waals surface area contributed by atoms with Crippen LogP contribution < -0.4 is 27.4 Å². The molecular formula is C22H30N6O2S. The maximum atomic E-state index is 12.9. The molecule has 4 rings (SSSR count). The number of carbonyl (C=O) groups is 2. The summed E-state index contributed by atoms with van der Waals surface area (Å²) in [7, 11) is 0. The predicted molar refractivity (Wildman–Crippen MR) is 124 cm³/mol. The Morgan fingerprint density at radius 3 is 2.84 bits per heavy atom. The molecule has 1 aromatic heterocycles. The third-order valence-corrected chi connectivity index (χ3v) is 6.94. The lowest BCUT2D eigenvalue weighted by Gasteiger charge is -2.23. The molecule has 2 aliphatic rings. The van der Waals surface area contributed by atoms with E-state index in [9.17, 15) is 9.59 Å². The number of thiophene rings is 1. The second-order valence-electron chi connectivity index (χ2n) is 8.34. The number of hydrogen-bond donors (Lipinski definition) is 5. The molecule has 0 saturated carbocycles. The fraction of sp³-hybridized carbons (Fsp3) is 0.455. The zero-order valence-electron chi connectivity index (χ0n) is 17.5. The molecule has 166 valence electrons. The van der Waals surface area contributed by atoms with E-state index >= 15 is 0 Å². The van der Waals surface area contributed by atoms with Gasteiger partial charge in [0.1, 0.15) is 4.88 Å². The summed E-state index contributed by atoms with van der Waals surface area (Å²) in [6, 6.07) is 9.77. The van der Waals surface area contributed by atoms with E-state index in [0.29, 0.717) is 10.6 Å². The van der Waals surface area contributed by atoms with Crippen LogP contribution in [0.4, 0.5) is 10.5 Å². The Bertz CT molecular complexity index is 940. The Hall–Kier alpha value is -2.46. The summed E-state index contributed by atoms with van der Waals surface area (Å²) in [5.74, 6) is -0.184. The van der Waals surface area contributed by atoms with Gasteiger partial charge in [-0.3, -0.25) is 9.69 Å². The van der Waals surface area contributed by atoms with E-state index in [1.807, 2.05) is 18.2 Å². The maximum absolute atomic E-state index is 12.9. The number of carbonyl (C=O) groups excluding carboxylic acids is 2. The van der Waals surface area contributed by atoms with Gasteiger partial charge < -0.3 is 27.4 Å². The van der Waals surface area contributed by atoms with Crippen molar-refractivity contribution >= 4 is 29.0 Å². The van der Waals surface area contributed by atoms with Crippen molar-refractivity contribution in [2.24, 2.45) is 11.5 Å². The Morgan fingerprint density at radius 2 is 2.13 bits per heavy atom. The van der Waals surface area contributed by atoms with Crippen molar-refractivity contribution in [3.8, 4) is 10.4 Å². The Morgan fingerprint density at radius 1 is 1.26 bits per heavy atom. The van der Waals surface area contributed by atoms with Crippen molar-refractivity contribution in [1.29, 1.82) is 0 Å². The molecule has 2 atom stereocenters. The zero-order chi connectivity index (χ0) is 21.8. The van der Waals surface area contributed by atoms with Crippen LogP contribution in [-0.2, 0) is 6.54 Å². The number of anilines is 1. The molecule has 0 aliphatic carbocycles. The second-order valence-corrected chi connectivity index (χ2v) is 9.40. The lowest BCUT2D eigenvalue weighted by atomic mass is 10.1. The van der Waals surface area contributed by atoms with Gasteiger partial charge in [0.25, 0.3) is 5.91 Å². The number of nitrogens with two attached hydrogens (primary N) is 2. The molecule has 2 saturated heterocycles. The maximum Gasteiger partial charge on any atom is 0.316 e. The average Bonchev–Trinajstić information content (AvgIpc) is 3.34. The SMILES string of the molecule is NC(=O)Nc1cc(-c2cccc(CN3CCC(N)C3)c2)sc1C(=O)N[C@H]1CCCNC1. The minimum Gasteiger partial charge on any atom is -0.351 e. The molecule has 0 spiro atoms. The summed E-state index contributed by atoms with van der Waals surface area (Å²) in [5.41, 5.74) is 14.0. The first-order valence-electron chi connectivity index (χ1n) is 10.8. The topological polar surface area (TPSA) is 126 Å². The quantitative estimate of drug-likeness (QED) is 0.467. The van der Waals surface area contributed by atoms with Gasteiger partial charge >= 0.3 is 6.03 Å². The molecule has 8 nitrogen and oxygen atoms in total. The van der Waals surface area contributed by atoms with E-state index in [0.717, 1.165) is 62.4 Å². The molecule has 9 heteroatoms. The monoisotopic (exact) mass is 442 g/mol. The standard InChI is InChI=1S/C22H30N6O2S/c23-16-6-8-28(13-16)12-14-3-1-4-15(9-14)19-10-18(27-22(24)30)20(31-19)21(29)26-17-5-2-7-25-11-17/h1,3-4,9-10,16-17,25H,2,5-8,11-13,23H2,(H,26,29)(H3,24,27,30)/t16?,17-/m0/s1. The fourth-order valence-corrected chi connectivity index (χ4v) is 5.25. The molecule has 3 amide bonds. The van der Waals surface area contributed by atoms with Crippen molar-refractivity contribution in [2.45, 2.75) is 37.9 Å². The van der Waals surface area contributed by atoms with Gasteiger partial charge in [0.2, 0.25) is 0 Å². The van der Waals surface area contributed by atoms with Crippen molar-refractivity contribution in [3.05, 3.63) is 40.8 Å². The van der Waals surface area contributed by atoms with Crippen LogP contribution in [0.1, 0.15) is 34.5 Å². The van der Waals surface area contributed by atoms with Gasteiger partial charge in [-0.1, -0.05) is 18.2 Å². The molecule has 2 fully saturated rings. The number of urea groups is 1. The van der Waals surface area contributed by atoms with Crippen LogP contribution in [0.2, 0.25) is 0 Å². The first-order chi connectivity index (χ1) is 15.0. The summed E-state index contributed by atoms with van der Waals surface area (Å²) in [6.45, 7) is 4.50. The lowest BCUT2D eigenvalue weighted by molar-refractivity contribution is 0.0935. The molecule has 7 N–H and O–H groups in total. The molecule has 2 aromatic rings. The first-order valence-corrected chi connectivity index (χ1v) is 11.6. The molecule has 3 heterocycles. The van der Waals surface area contributed by atoms with Gasteiger partial charge in [-0.2, -0.15) is 0 Å². The van der Waals surface area contributed by atoms with Crippen molar-refractivity contribution in [2.75, 3.05) is 31.5 Å². The zero-order valence-corrected chi connectivity index (χ0v) is 18.3. The normalized spacial score (nSPS) is 21.7. The van der Waals surface area contributed by atoms with Crippen LogP contribution in [0, 0.1) is 0 Å². The third-order valence-electron chi connectivity index (χ3n) is 5.75. The number of amides is 3. The van der Waals surface area contributed by atoms with E-state index in [1.54, 1.807) is 0 Å². The van der Waals surface area contributed by atoms with Crippen LogP contribution in [0.25, 0.3) is 10.4 Å². The molecule has 0 radical (unpaired) electrons. The van der Waals surface area contributed by atoms with Crippen LogP contribution in [0.5, 0.6) is 0 Å². The van der Waals surface area contributed by atoms with Crippen LogP contribution in [-0.4, -0.2) is 55.1 Å². The lowest BCUT2D eigenvalue weighted by Crippen LogP contribution is -2.45. The van der Waals surface area contributed by atoms with E-state index < -0.39 is 6.03 Å². The summed E-state index contributed by atoms with van der Waals surface area (Å²) in [5, 5.41) is 8.98. The van der Waals surface area contributed by atoms with Crippen molar-refractivity contribution in [1.82, 2.24) is 15.5 Å². The number of nitrogens with zero attached hydrogens (tertiary/aromatic N) is 1. The minimum atomic E-state index is -0.683. The smallest absolute Gasteiger partial charge is 0.316 e. The van der Waals surface area contributed by atoms with Gasteiger partial charge in [-0.25, -0.2) is 4.79 Å². The van der Waals surface area contributed by atoms with Gasteiger partial charge in [0.05, 0.1) is 5.69 Å². The molecule has 31 heavy (non-hydrogen) atoms. The fourth-order valence-electron chi connectivity index (χ4n) is 4.24. The summed E-state index contributed by atoms with van der Waals surface area (Å²) in [6.07, 6.45) is 3.00. The van der Waals surface area contributed by atoms with Crippen molar-refractivity contribution < 1.29 is 9.59 Å². The highest BCUT2D eigenvalue weighted by Gasteiger charge is 2.23. The Kier molecular flexibility index (Phi) is 6.86. The molecule has 2 aliphatic heterocycles. The van der Waals surface area contributed by atoms with E-state index in [2.05, 4.69) is 33.0 Å². The molecule has 1 unspecified atom stereocenters. The van der Waals surface area contributed by atoms with Gasteiger partial charge in [-0.05, 0) is 49.1 Å². The van der Waals surface area contributed by atoms with E-state index in [4.69, 9.17) is 11.5 Å². The molecular weight excluding hydrogens is 412 g/mol. The highest BCUT2D eigenvalue weighted by Crippen LogP contribution is 2.35. The number of likely N-dealkylation sites (tertiary alicyclic amines) is 1. The van der Waals surface area contributed by atoms with Crippen LogP contribution >= 0.6 is 11.3 Å². The third kappa shape index (κ3) is 5.62. The van der Waals surface area contributed by atoms with Gasteiger partial charge in [0.15, 0.2) is 0 Å². The van der Waals surface area contributed by atoms with E-state index in [-0.39, 0.29) is 18.0 Å².